The first-order valence-electron chi connectivity index (χ1n) is 33.5. The van der Waals surface area contributed by atoms with Crippen LogP contribution in [0.3, 0.4) is 0 Å². The number of esters is 1. The highest BCUT2D eigenvalue weighted by Crippen LogP contribution is 2.68. The van der Waals surface area contributed by atoms with E-state index in [4.69, 9.17) is 42.0 Å². The number of para-hydroxylation sites is 1. The number of piperidine rings is 1. The fourth-order valence-corrected chi connectivity index (χ4v) is 27.1. The number of likely N-dealkylation sites (N-methyl/N-ethyl adjacent to an activating group) is 1. The van der Waals surface area contributed by atoms with Gasteiger partial charge >= 0.3 is 5.97 Å². The standard InChI is InChI=1S/C68H103N7O14SSi2/c1-11-64(79)40-48-41-67(62(78)82-6,57-51(20-25-74(44-48)46-64)50-18-14-15-19-54(50)72-57)53-38-52-55(39-56(53)81-5)73(4)59-66(52)22-26-75-24-16-21-65(12-2,58(66)75)60(76)68(59,80)61(77)69-23-17-37-91(7,8)89-92(9,10)47-90-63-70-42-49(43-71-63)45-88-36-35-87-34-33-86-32-31-85-30-29-84-28-27-83-13-3/h14-16,18-19,21,38-39,42-43,48,58-60,72,76,79-80H,11-13,17,20,22-37,40-41,44-47H2,1-10H3,(H,69,77)/t48-,58+,59-,60-,64+,65-,66-,67+,68+/m1/s1. The maximum atomic E-state index is 15.6. The first-order valence-corrected chi connectivity index (χ1v) is 40.7. The normalized spacial score (nSPS) is 28.4. The number of carbonyl (C=O) groups excluding carboxylic acids is 2. The Balaban J connectivity index is 0.799. The van der Waals surface area contributed by atoms with E-state index < -0.39 is 68.1 Å². The zero-order chi connectivity index (χ0) is 65.5. The van der Waals surface area contributed by atoms with E-state index in [2.05, 4.69) is 86.6 Å². The van der Waals surface area contributed by atoms with Crippen LogP contribution in [0.1, 0.15) is 87.2 Å². The van der Waals surface area contributed by atoms with Crippen molar-refractivity contribution in [2.75, 3.05) is 143 Å². The lowest BCUT2D eigenvalue weighted by molar-refractivity contribution is -0.203. The van der Waals surface area contributed by atoms with E-state index in [0.717, 1.165) is 50.4 Å². The van der Waals surface area contributed by atoms with Gasteiger partial charge in [0.05, 0.1) is 98.5 Å². The number of fused-ring (bicyclic) bond motifs is 6. The number of aliphatic hydroxyl groups is 3. The van der Waals surface area contributed by atoms with E-state index in [1.807, 2.05) is 50.9 Å². The van der Waals surface area contributed by atoms with E-state index in [1.54, 1.807) is 31.3 Å². The van der Waals surface area contributed by atoms with Crippen molar-refractivity contribution in [3.8, 4) is 5.75 Å². The van der Waals surface area contributed by atoms with Crippen molar-refractivity contribution in [1.29, 1.82) is 0 Å². The van der Waals surface area contributed by atoms with Crippen LogP contribution in [0.15, 0.2) is 66.1 Å². The lowest BCUT2D eigenvalue weighted by atomic mass is 9.47. The number of aromatic nitrogens is 3. The smallest absolute Gasteiger partial charge is 0.322 e. The Morgan fingerprint density at radius 2 is 1.50 bits per heavy atom. The molecule has 1 spiro atoms. The molecule has 4 aromatic rings. The molecule has 2 bridgehead atoms. The number of carbonyl (C=O) groups is 2. The van der Waals surface area contributed by atoms with Crippen LogP contribution in [0.4, 0.5) is 5.69 Å². The molecule has 24 heteroatoms. The van der Waals surface area contributed by atoms with Crippen molar-refractivity contribution in [2.24, 2.45) is 11.3 Å². The maximum absolute atomic E-state index is 15.6. The predicted octanol–water partition coefficient (Wildman–Crippen LogP) is 6.92. The van der Waals surface area contributed by atoms with Crippen LogP contribution in [0, 0.1) is 11.3 Å². The van der Waals surface area contributed by atoms with Gasteiger partial charge in [-0.25, -0.2) is 9.97 Å². The quantitative estimate of drug-likeness (QED) is 0.00812. The molecule has 0 radical (unpaired) electrons. The van der Waals surface area contributed by atoms with Crippen LogP contribution in [0.25, 0.3) is 10.9 Å². The number of methoxy groups -OCH3 is 2. The molecule has 5 aliphatic heterocycles. The molecule has 10 atom stereocenters. The highest BCUT2D eigenvalue weighted by molar-refractivity contribution is 8.00. The number of thioether (sulfide) groups is 1. The number of nitrogens with zero attached hydrogens (tertiary/aromatic N) is 5. The first kappa shape index (κ1) is 70.4. The summed E-state index contributed by atoms with van der Waals surface area (Å²) in [6, 6.07) is 11.9. The topological polar surface area (TPSA) is 241 Å². The van der Waals surface area contributed by atoms with Crippen molar-refractivity contribution >= 4 is 56.9 Å². The summed E-state index contributed by atoms with van der Waals surface area (Å²) in [5.41, 5.74) is -0.737. The zero-order valence-electron chi connectivity index (χ0n) is 56.2. The highest BCUT2D eigenvalue weighted by atomic mass is 32.2. The molecule has 3 fully saturated rings. The molecule has 5 N–H and O–H groups in total. The van der Waals surface area contributed by atoms with Crippen molar-refractivity contribution in [2.45, 2.75) is 150 Å². The number of H-pyrrole nitrogens is 1. The average molecular weight is 1330 g/mol. The van der Waals surface area contributed by atoms with Gasteiger partial charge in [0.1, 0.15) is 17.3 Å². The van der Waals surface area contributed by atoms with Gasteiger partial charge in [-0.05, 0) is 120 Å². The summed E-state index contributed by atoms with van der Waals surface area (Å²) in [5, 5.41) is 44.8. The summed E-state index contributed by atoms with van der Waals surface area (Å²) in [4.78, 5) is 51.0. The van der Waals surface area contributed by atoms with E-state index >= 15 is 9.59 Å². The van der Waals surface area contributed by atoms with Crippen LogP contribution in [-0.4, -0.2) is 237 Å². The Morgan fingerprint density at radius 1 is 0.826 bits per heavy atom. The third-order valence-electron chi connectivity index (χ3n) is 20.6. The molecule has 2 aromatic heterocycles. The third kappa shape index (κ3) is 14.1. The Labute approximate surface area is 550 Å². The second kappa shape index (κ2) is 30.0. The van der Waals surface area contributed by atoms with E-state index in [9.17, 15) is 15.3 Å². The molecular formula is C68H103N7O14SSi2. The van der Waals surface area contributed by atoms with E-state index in [-0.39, 0.29) is 18.5 Å². The summed E-state index contributed by atoms with van der Waals surface area (Å²) in [6.45, 7) is 24.6. The molecule has 10 rings (SSSR count). The van der Waals surface area contributed by atoms with Gasteiger partial charge in [-0.1, -0.05) is 56.0 Å². The van der Waals surface area contributed by atoms with Crippen molar-refractivity contribution in [1.82, 2.24) is 30.1 Å². The molecule has 21 nitrogen and oxygen atoms in total. The minimum Gasteiger partial charge on any atom is -0.496 e. The zero-order valence-corrected chi connectivity index (χ0v) is 59.0. The molecule has 508 valence electrons. The van der Waals surface area contributed by atoms with Gasteiger partial charge in [-0.2, -0.15) is 0 Å². The van der Waals surface area contributed by atoms with Gasteiger partial charge in [0.15, 0.2) is 27.4 Å². The Kier molecular flexibility index (Phi) is 22.9. The first-order chi connectivity index (χ1) is 44.2. The van der Waals surface area contributed by atoms with Crippen LogP contribution in [0.5, 0.6) is 5.75 Å². The number of aromatic amines is 1. The molecule has 1 aliphatic carbocycles. The lowest BCUT2D eigenvalue weighted by Gasteiger charge is -2.63. The largest absolute Gasteiger partial charge is 0.496 e. The van der Waals surface area contributed by atoms with E-state index in [0.29, 0.717) is 173 Å². The molecule has 92 heavy (non-hydrogen) atoms. The lowest BCUT2D eigenvalue weighted by Crippen LogP contribution is -2.81. The SMILES string of the molecule is CCOCCOCCOCCOCCOCCOCc1cnc(SC[Si](C)(C)O[Si](C)(C)CCCNC(=O)[C@@]2(O)[C@H](O)[C@]3(CC)C=CCN4CC[C@@]5(c6cc([C@@]7(C(=O)OC)C[C@@H]8CN(CCc9c7[nH]c7ccccc97)C[C@](O)(CC)C8)c(OC)cc6N(C)[C@@H]25)[C@@H]43)nc1. The van der Waals surface area contributed by atoms with E-state index in [1.165, 1.54) is 7.11 Å². The number of aliphatic hydroxyl groups excluding tert-OH is 1. The summed E-state index contributed by atoms with van der Waals surface area (Å²) in [7, 11) is 0.477. The average Bonchev–Trinajstić information content (AvgIpc) is 1.45. The molecule has 1 amide bonds. The predicted molar refractivity (Wildman–Crippen MR) is 360 cm³/mol. The number of benzene rings is 2. The highest BCUT2D eigenvalue weighted by Gasteiger charge is 2.79. The third-order valence-corrected chi connectivity index (χ3v) is 30.4. The molecule has 2 aromatic carbocycles. The summed E-state index contributed by atoms with van der Waals surface area (Å²) in [5.74, 6) is -0.685. The molecule has 1 unspecified atom stereocenters. The van der Waals surface area contributed by atoms with Gasteiger partial charge in [-0.3, -0.25) is 19.4 Å². The number of hydrogen-bond acceptors (Lipinski definition) is 20. The Bertz CT molecular complexity index is 3180. The minimum absolute atomic E-state index is 0.112. The van der Waals surface area contributed by atoms with Crippen LogP contribution < -0.4 is 15.0 Å². The van der Waals surface area contributed by atoms with Crippen molar-refractivity contribution in [3.05, 3.63) is 88.9 Å². The van der Waals surface area contributed by atoms with Gasteiger partial charge in [-0.15, -0.1) is 0 Å². The number of rotatable bonds is 33. The molecule has 7 heterocycles. The number of anilines is 1. The number of nitrogens with one attached hydrogen (secondary N) is 2. The molecule has 2 saturated heterocycles. The summed E-state index contributed by atoms with van der Waals surface area (Å²) < 4.78 is 52.8. The number of hydrogen-bond donors (Lipinski definition) is 5. The summed E-state index contributed by atoms with van der Waals surface area (Å²) in [6.07, 6.45) is 10.0. The maximum Gasteiger partial charge on any atom is 0.322 e. The molecule has 6 aliphatic rings. The van der Waals surface area contributed by atoms with Crippen LogP contribution in [0.2, 0.25) is 32.2 Å². The number of ether oxygens (including phenoxy) is 8. The Morgan fingerprint density at radius 3 is 2.15 bits per heavy atom. The van der Waals surface area contributed by atoms with Gasteiger partial charge in [0, 0.05) is 120 Å². The second-order valence-corrected chi connectivity index (χ2v) is 37.6. The van der Waals surface area contributed by atoms with Gasteiger partial charge < -0.3 is 72.5 Å². The second-order valence-electron chi connectivity index (χ2n) is 27.5. The monoisotopic (exact) mass is 1330 g/mol. The van der Waals surface area contributed by atoms with Gasteiger partial charge in [0.25, 0.3) is 5.91 Å². The Hall–Kier alpha value is -4.36. The fourth-order valence-electron chi connectivity index (χ4n) is 16.8. The molecule has 1 saturated carbocycles. The van der Waals surface area contributed by atoms with Crippen molar-refractivity contribution < 1.29 is 66.9 Å². The number of amides is 1. The fraction of sp³-hybridized carbons (Fsp3) is 0.676. The van der Waals surface area contributed by atoms with Gasteiger partial charge in [0.2, 0.25) is 0 Å². The van der Waals surface area contributed by atoms with Crippen molar-refractivity contribution in [3.63, 3.8) is 0 Å². The minimum atomic E-state index is -2.30. The summed E-state index contributed by atoms with van der Waals surface area (Å²) >= 11 is 1.60. The van der Waals surface area contributed by atoms with Crippen LogP contribution >= 0.6 is 11.8 Å². The molecular weight excluding hydrogens is 1230 g/mol. The van der Waals surface area contributed by atoms with Crippen LogP contribution in [-0.2, 0) is 70.7 Å².